The van der Waals surface area contributed by atoms with E-state index in [2.05, 4.69) is 0 Å². The zero-order chi connectivity index (χ0) is 17.1. The molecule has 1 aliphatic heterocycles. The Bertz CT molecular complexity index is 685. The molecule has 8 nitrogen and oxygen atoms in total. The molecule has 1 heterocycles. The van der Waals surface area contributed by atoms with Crippen molar-refractivity contribution >= 4 is 29.4 Å². The van der Waals surface area contributed by atoms with Crippen LogP contribution in [0.3, 0.4) is 0 Å². The average molecular weight is 320 g/mol. The highest BCUT2D eigenvalue weighted by Gasteiger charge is 2.43. The van der Waals surface area contributed by atoms with Crippen molar-refractivity contribution < 1.29 is 29.0 Å². The Morgan fingerprint density at radius 3 is 2.52 bits per heavy atom. The van der Waals surface area contributed by atoms with E-state index in [0.29, 0.717) is 5.69 Å². The van der Waals surface area contributed by atoms with Gasteiger partial charge in [0.2, 0.25) is 0 Å². The van der Waals surface area contributed by atoms with Gasteiger partial charge in [0.15, 0.2) is 0 Å². The van der Waals surface area contributed by atoms with E-state index in [9.17, 15) is 19.2 Å². The molecular formula is C15H16N2O6. The van der Waals surface area contributed by atoms with E-state index in [4.69, 9.17) is 15.6 Å². The highest BCUT2D eigenvalue weighted by molar-refractivity contribution is 6.23. The van der Waals surface area contributed by atoms with Gasteiger partial charge in [-0.1, -0.05) is 0 Å². The highest BCUT2D eigenvalue weighted by Crippen LogP contribution is 2.28. The van der Waals surface area contributed by atoms with Crippen LogP contribution < -0.4 is 5.73 Å². The summed E-state index contributed by atoms with van der Waals surface area (Å²) in [5.41, 5.74) is 6.15. The molecule has 0 spiro atoms. The standard InChI is InChI=1S/C15H16N2O6/c1-2-23-15(22)11(5-6-12(18)19)17-13(20)9-4-3-8(16)7-10(9)14(17)21/h3-4,7,11H,2,5-6,16H2,1H3,(H,18,19). The smallest absolute Gasteiger partial charge is 0.329 e. The lowest BCUT2D eigenvalue weighted by molar-refractivity contribution is -0.148. The highest BCUT2D eigenvalue weighted by atomic mass is 16.5. The number of carboxylic acid groups (broad SMARTS) is 1. The van der Waals surface area contributed by atoms with Crippen molar-refractivity contribution in [3.05, 3.63) is 29.3 Å². The number of carbonyl (C=O) groups excluding carboxylic acids is 3. The minimum Gasteiger partial charge on any atom is -0.481 e. The van der Waals surface area contributed by atoms with Crippen molar-refractivity contribution in [2.24, 2.45) is 0 Å². The zero-order valence-corrected chi connectivity index (χ0v) is 12.4. The number of benzene rings is 1. The van der Waals surface area contributed by atoms with E-state index in [0.717, 1.165) is 4.90 Å². The Hall–Kier alpha value is -2.90. The first-order chi connectivity index (χ1) is 10.9. The van der Waals surface area contributed by atoms with Gasteiger partial charge in [0, 0.05) is 12.1 Å². The maximum atomic E-state index is 12.4. The van der Waals surface area contributed by atoms with Crippen molar-refractivity contribution in [1.82, 2.24) is 4.90 Å². The van der Waals surface area contributed by atoms with Crippen LogP contribution >= 0.6 is 0 Å². The molecule has 0 radical (unpaired) electrons. The molecule has 0 aliphatic carbocycles. The second-order valence-electron chi connectivity index (χ2n) is 4.99. The molecular weight excluding hydrogens is 304 g/mol. The molecule has 1 atom stereocenters. The van der Waals surface area contributed by atoms with Crippen LogP contribution in [0.4, 0.5) is 5.69 Å². The van der Waals surface area contributed by atoms with E-state index in [-0.39, 0.29) is 30.6 Å². The first-order valence-corrected chi connectivity index (χ1v) is 7.02. The molecule has 0 bridgehead atoms. The van der Waals surface area contributed by atoms with Crippen LogP contribution in [-0.2, 0) is 14.3 Å². The number of aliphatic carboxylic acids is 1. The summed E-state index contributed by atoms with van der Waals surface area (Å²) < 4.78 is 4.87. The summed E-state index contributed by atoms with van der Waals surface area (Å²) in [6.07, 6.45) is -0.589. The Morgan fingerprint density at radius 2 is 1.91 bits per heavy atom. The third kappa shape index (κ3) is 3.15. The fourth-order valence-corrected chi connectivity index (χ4v) is 2.41. The summed E-state index contributed by atoms with van der Waals surface area (Å²) in [7, 11) is 0. The number of carboxylic acids is 1. The van der Waals surface area contributed by atoms with Crippen LogP contribution in [0, 0.1) is 0 Å². The topological polar surface area (TPSA) is 127 Å². The van der Waals surface area contributed by atoms with Gasteiger partial charge in [0.25, 0.3) is 11.8 Å². The van der Waals surface area contributed by atoms with Crippen LogP contribution in [-0.4, -0.2) is 46.4 Å². The summed E-state index contributed by atoms with van der Waals surface area (Å²) >= 11 is 0. The van der Waals surface area contributed by atoms with E-state index >= 15 is 0 Å². The molecule has 23 heavy (non-hydrogen) atoms. The summed E-state index contributed by atoms with van der Waals surface area (Å²) in [6, 6.07) is 2.96. The molecule has 0 fully saturated rings. The molecule has 1 aliphatic rings. The van der Waals surface area contributed by atoms with Gasteiger partial charge in [-0.3, -0.25) is 19.3 Å². The second-order valence-corrected chi connectivity index (χ2v) is 4.99. The van der Waals surface area contributed by atoms with Gasteiger partial charge in [0.1, 0.15) is 6.04 Å². The minimum absolute atomic E-state index is 0.0541. The van der Waals surface area contributed by atoms with Gasteiger partial charge in [-0.15, -0.1) is 0 Å². The minimum atomic E-state index is -1.28. The number of nitrogens with zero attached hydrogens (tertiary/aromatic N) is 1. The van der Waals surface area contributed by atoms with Crippen molar-refractivity contribution in [2.75, 3.05) is 12.3 Å². The van der Waals surface area contributed by atoms with Crippen LogP contribution in [0.2, 0.25) is 0 Å². The second kappa shape index (κ2) is 6.47. The molecule has 122 valence electrons. The quantitative estimate of drug-likeness (QED) is 0.448. The van der Waals surface area contributed by atoms with Crippen molar-refractivity contribution in [3.63, 3.8) is 0 Å². The molecule has 0 saturated heterocycles. The predicted octanol–water partition coefficient (Wildman–Crippen LogP) is 0.661. The lowest BCUT2D eigenvalue weighted by atomic mass is 10.1. The predicted molar refractivity (Wildman–Crippen MR) is 78.6 cm³/mol. The number of fused-ring (bicyclic) bond motifs is 1. The van der Waals surface area contributed by atoms with E-state index < -0.39 is 29.8 Å². The van der Waals surface area contributed by atoms with Gasteiger partial charge in [-0.05, 0) is 31.5 Å². The number of esters is 1. The van der Waals surface area contributed by atoms with Crippen LogP contribution in [0.25, 0.3) is 0 Å². The Kier molecular flexibility index (Phi) is 4.63. The van der Waals surface area contributed by atoms with Gasteiger partial charge in [-0.2, -0.15) is 0 Å². The molecule has 0 aromatic heterocycles. The summed E-state index contributed by atoms with van der Waals surface area (Å²) in [4.78, 5) is 48.5. The number of nitrogen functional groups attached to an aromatic ring is 1. The maximum Gasteiger partial charge on any atom is 0.329 e. The van der Waals surface area contributed by atoms with Crippen molar-refractivity contribution in [2.45, 2.75) is 25.8 Å². The number of hydrogen-bond acceptors (Lipinski definition) is 6. The number of hydrogen-bond donors (Lipinski definition) is 2. The number of imide groups is 1. The van der Waals surface area contributed by atoms with Gasteiger partial charge in [0.05, 0.1) is 17.7 Å². The van der Waals surface area contributed by atoms with Gasteiger partial charge < -0.3 is 15.6 Å². The number of amides is 2. The van der Waals surface area contributed by atoms with E-state index in [1.807, 2.05) is 0 Å². The zero-order valence-electron chi connectivity index (χ0n) is 12.4. The first kappa shape index (κ1) is 16.5. The van der Waals surface area contributed by atoms with Gasteiger partial charge >= 0.3 is 11.9 Å². The molecule has 2 rings (SSSR count). The maximum absolute atomic E-state index is 12.4. The summed E-state index contributed by atoms with van der Waals surface area (Å²) in [6.45, 7) is 1.63. The molecule has 1 unspecified atom stereocenters. The fourth-order valence-electron chi connectivity index (χ4n) is 2.41. The molecule has 1 aromatic carbocycles. The van der Waals surface area contributed by atoms with Crippen LogP contribution in [0.5, 0.6) is 0 Å². The van der Waals surface area contributed by atoms with Crippen molar-refractivity contribution in [1.29, 1.82) is 0 Å². The number of nitrogens with two attached hydrogens (primary N) is 1. The van der Waals surface area contributed by atoms with Gasteiger partial charge in [-0.25, -0.2) is 4.79 Å². The third-order valence-corrected chi connectivity index (χ3v) is 3.44. The Morgan fingerprint density at radius 1 is 1.26 bits per heavy atom. The molecule has 3 N–H and O–H groups in total. The van der Waals surface area contributed by atoms with Crippen LogP contribution in [0.1, 0.15) is 40.5 Å². The summed E-state index contributed by atoms with van der Waals surface area (Å²) in [5.74, 6) is -3.29. The van der Waals surface area contributed by atoms with Crippen LogP contribution in [0.15, 0.2) is 18.2 Å². The molecule has 8 heteroatoms. The Balaban J connectivity index is 2.35. The molecule has 0 saturated carbocycles. The molecule has 2 amide bonds. The summed E-state index contributed by atoms with van der Waals surface area (Å²) in [5, 5.41) is 8.80. The first-order valence-electron chi connectivity index (χ1n) is 7.02. The van der Waals surface area contributed by atoms with Crippen molar-refractivity contribution in [3.8, 4) is 0 Å². The van der Waals surface area contributed by atoms with E-state index in [1.54, 1.807) is 6.92 Å². The number of carbonyl (C=O) groups is 4. The number of rotatable bonds is 6. The monoisotopic (exact) mass is 320 g/mol. The number of anilines is 1. The molecule has 1 aromatic rings. The fraction of sp³-hybridized carbons (Fsp3) is 0.333. The third-order valence-electron chi connectivity index (χ3n) is 3.44. The largest absolute Gasteiger partial charge is 0.481 e. The number of ether oxygens (including phenoxy) is 1. The SMILES string of the molecule is CCOC(=O)C(CCC(=O)O)N1C(=O)c2ccc(N)cc2C1=O. The lowest BCUT2D eigenvalue weighted by Gasteiger charge is -2.23. The Labute approximate surface area is 131 Å². The average Bonchev–Trinajstić information content (AvgIpc) is 2.72. The van der Waals surface area contributed by atoms with E-state index in [1.165, 1.54) is 18.2 Å². The lowest BCUT2D eigenvalue weighted by Crippen LogP contribution is -2.46. The normalized spacial score (nSPS) is 14.6.